The Morgan fingerprint density at radius 1 is 1.06 bits per heavy atom. The summed E-state index contributed by atoms with van der Waals surface area (Å²) < 4.78 is 6.12. The van der Waals surface area contributed by atoms with Crippen LogP contribution in [0.2, 0.25) is 0 Å². The molecular formula is C14H27NO. The van der Waals surface area contributed by atoms with Crippen molar-refractivity contribution >= 4 is 0 Å². The molecule has 0 aliphatic heterocycles. The van der Waals surface area contributed by atoms with Crippen LogP contribution in [-0.2, 0) is 4.74 Å². The molecule has 0 spiro atoms. The third kappa shape index (κ3) is 4.06. The lowest BCUT2D eigenvalue weighted by Gasteiger charge is -2.22. The Morgan fingerprint density at radius 2 is 1.75 bits per heavy atom. The average Bonchev–Trinajstić information content (AvgIpc) is 3.11. The first-order valence-corrected chi connectivity index (χ1v) is 7.25. The molecule has 0 bridgehead atoms. The molecule has 2 aliphatic carbocycles. The van der Waals surface area contributed by atoms with Gasteiger partial charge >= 0.3 is 0 Å². The van der Waals surface area contributed by atoms with Gasteiger partial charge < -0.3 is 10.1 Å². The van der Waals surface area contributed by atoms with Crippen molar-refractivity contribution in [1.82, 2.24) is 5.32 Å². The standard InChI is InChI=1S/C14H27NO/c1-2-15-14(12-9-10-12)11-16-13-7-5-3-4-6-8-13/h12-15H,2-11H2,1H3. The van der Waals surface area contributed by atoms with Gasteiger partial charge in [-0.2, -0.15) is 0 Å². The minimum absolute atomic E-state index is 0.558. The van der Waals surface area contributed by atoms with E-state index in [4.69, 9.17) is 4.74 Å². The van der Waals surface area contributed by atoms with Crippen LogP contribution in [0.1, 0.15) is 58.3 Å². The maximum Gasteiger partial charge on any atom is 0.0626 e. The van der Waals surface area contributed by atoms with Gasteiger partial charge in [-0.05, 0) is 38.1 Å². The third-order valence-electron chi connectivity index (χ3n) is 3.97. The summed E-state index contributed by atoms with van der Waals surface area (Å²) in [6.45, 7) is 4.22. The number of hydrogen-bond acceptors (Lipinski definition) is 2. The van der Waals surface area contributed by atoms with E-state index in [0.29, 0.717) is 12.1 Å². The zero-order chi connectivity index (χ0) is 11.2. The summed E-state index contributed by atoms with van der Waals surface area (Å²) in [7, 11) is 0. The largest absolute Gasteiger partial charge is 0.377 e. The lowest BCUT2D eigenvalue weighted by atomic mass is 10.1. The van der Waals surface area contributed by atoms with E-state index >= 15 is 0 Å². The zero-order valence-electron chi connectivity index (χ0n) is 10.7. The minimum Gasteiger partial charge on any atom is -0.377 e. The Bertz CT molecular complexity index is 183. The summed E-state index contributed by atoms with van der Waals surface area (Å²) in [5.74, 6) is 0.908. The number of likely N-dealkylation sites (N-methyl/N-ethyl adjacent to an activating group) is 1. The van der Waals surface area contributed by atoms with Crippen molar-refractivity contribution in [2.24, 2.45) is 5.92 Å². The van der Waals surface area contributed by atoms with E-state index in [-0.39, 0.29) is 0 Å². The molecule has 2 saturated carbocycles. The molecule has 2 aliphatic rings. The molecule has 2 heteroatoms. The Balaban J connectivity index is 1.67. The molecule has 94 valence electrons. The molecule has 0 aromatic rings. The molecule has 0 radical (unpaired) electrons. The molecular weight excluding hydrogens is 198 g/mol. The first-order chi connectivity index (χ1) is 7.90. The van der Waals surface area contributed by atoms with Gasteiger partial charge in [0.05, 0.1) is 12.7 Å². The summed E-state index contributed by atoms with van der Waals surface area (Å²) in [5.41, 5.74) is 0. The quantitative estimate of drug-likeness (QED) is 0.701. The van der Waals surface area contributed by atoms with E-state index in [2.05, 4.69) is 12.2 Å². The Hall–Kier alpha value is -0.0800. The first kappa shape index (κ1) is 12.4. The van der Waals surface area contributed by atoms with Gasteiger partial charge in [0.1, 0.15) is 0 Å². The maximum absolute atomic E-state index is 6.12. The third-order valence-corrected chi connectivity index (χ3v) is 3.97. The number of rotatable bonds is 6. The van der Waals surface area contributed by atoms with Crippen molar-refractivity contribution in [3.63, 3.8) is 0 Å². The van der Waals surface area contributed by atoms with E-state index in [9.17, 15) is 0 Å². The molecule has 1 N–H and O–H groups in total. The minimum atomic E-state index is 0.558. The van der Waals surface area contributed by atoms with Gasteiger partial charge in [-0.15, -0.1) is 0 Å². The second-order valence-electron chi connectivity index (χ2n) is 5.45. The maximum atomic E-state index is 6.12. The molecule has 2 rings (SSSR count). The predicted molar refractivity (Wildman–Crippen MR) is 67.6 cm³/mol. The summed E-state index contributed by atoms with van der Waals surface area (Å²) in [5, 5.41) is 3.57. The number of ether oxygens (including phenoxy) is 1. The van der Waals surface area contributed by atoms with Gasteiger partial charge in [0.25, 0.3) is 0 Å². The predicted octanol–water partition coefficient (Wildman–Crippen LogP) is 3.11. The highest BCUT2D eigenvalue weighted by Crippen LogP contribution is 2.33. The molecule has 16 heavy (non-hydrogen) atoms. The van der Waals surface area contributed by atoms with Gasteiger partial charge in [0.2, 0.25) is 0 Å². The van der Waals surface area contributed by atoms with Crippen molar-refractivity contribution in [3.05, 3.63) is 0 Å². The fourth-order valence-electron chi connectivity index (χ4n) is 2.77. The highest BCUT2D eigenvalue weighted by molar-refractivity contribution is 4.86. The fourth-order valence-corrected chi connectivity index (χ4v) is 2.77. The monoisotopic (exact) mass is 225 g/mol. The average molecular weight is 225 g/mol. The molecule has 0 heterocycles. The van der Waals surface area contributed by atoms with Gasteiger partial charge in [-0.1, -0.05) is 32.6 Å². The highest BCUT2D eigenvalue weighted by atomic mass is 16.5. The van der Waals surface area contributed by atoms with E-state index in [1.54, 1.807) is 0 Å². The summed E-state index contributed by atoms with van der Waals surface area (Å²) >= 11 is 0. The molecule has 0 amide bonds. The normalized spacial score (nSPS) is 25.3. The van der Waals surface area contributed by atoms with Crippen molar-refractivity contribution in [3.8, 4) is 0 Å². The van der Waals surface area contributed by atoms with Crippen LogP contribution in [0.3, 0.4) is 0 Å². The zero-order valence-corrected chi connectivity index (χ0v) is 10.7. The van der Waals surface area contributed by atoms with Crippen molar-refractivity contribution in [2.75, 3.05) is 13.2 Å². The first-order valence-electron chi connectivity index (χ1n) is 7.25. The van der Waals surface area contributed by atoms with Crippen LogP contribution < -0.4 is 5.32 Å². The Morgan fingerprint density at radius 3 is 2.31 bits per heavy atom. The van der Waals surface area contributed by atoms with Crippen molar-refractivity contribution < 1.29 is 4.74 Å². The van der Waals surface area contributed by atoms with Gasteiger partial charge in [0.15, 0.2) is 0 Å². The fraction of sp³-hybridized carbons (Fsp3) is 1.00. The molecule has 1 atom stereocenters. The van der Waals surface area contributed by atoms with Crippen LogP contribution in [0.25, 0.3) is 0 Å². The number of hydrogen-bond donors (Lipinski definition) is 1. The molecule has 0 saturated heterocycles. The van der Waals surface area contributed by atoms with Crippen LogP contribution in [0.4, 0.5) is 0 Å². The lowest BCUT2D eigenvalue weighted by molar-refractivity contribution is 0.0259. The SMILES string of the molecule is CCNC(COC1CCCCCC1)C1CC1. The van der Waals surface area contributed by atoms with E-state index in [1.807, 2.05) is 0 Å². The second-order valence-corrected chi connectivity index (χ2v) is 5.45. The molecule has 1 unspecified atom stereocenters. The van der Waals surface area contributed by atoms with E-state index < -0.39 is 0 Å². The summed E-state index contributed by atoms with van der Waals surface area (Å²) in [6.07, 6.45) is 11.5. The van der Waals surface area contributed by atoms with Crippen molar-refractivity contribution in [1.29, 1.82) is 0 Å². The number of nitrogens with one attached hydrogen (secondary N) is 1. The smallest absolute Gasteiger partial charge is 0.0626 e. The van der Waals surface area contributed by atoms with Crippen LogP contribution in [0.5, 0.6) is 0 Å². The van der Waals surface area contributed by atoms with Gasteiger partial charge in [-0.3, -0.25) is 0 Å². The summed E-state index contributed by atoms with van der Waals surface area (Å²) in [4.78, 5) is 0. The second kappa shape index (κ2) is 6.61. The lowest BCUT2D eigenvalue weighted by Crippen LogP contribution is -2.36. The Labute approximate surface area is 100 Å². The highest BCUT2D eigenvalue weighted by Gasteiger charge is 2.31. The van der Waals surface area contributed by atoms with Gasteiger partial charge in [-0.25, -0.2) is 0 Å². The van der Waals surface area contributed by atoms with Crippen LogP contribution >= 0.6 is 0 Å². The molecule has 2 nitrogen and oxygen atoms in total. The molecule has 0 aromatic heterocycles. The Kier molecular flexibility index (Phi) is 5.11. The van der Waals surface area contributed by atoms with Crippen molar-refractivity contribution in [2.45, 2.75) is 70.4 Å². The molecule has 0 aromatic carbocycles. The topological polar surface area (TPSA) is 21.3 Å². The van der Waals surface area contributed by atoms with Crippen LogP contribution in [0, 0.1) is 5.92 Å². The van der Waals surface area contributed by atoms with Gasteiger partial charge in [0, 0.05) is 6.04 Å². The van der Waals surface area contributed by atoms with E-state index in [1.165, 1.54) is 51.4 Å². The summed E-state index contributed by atoms with van der Waals surface area (Å²) in [6, 6.07) is 0.633. The molecule has 2 fully saturated rings. The van der Waals surface area contributed by atoms with Crippen LogP contribution in [0.15, 0.2) is 0 Å². The van der Waals surface area contributed by atoms with E-state index in [0.717, 1.165) is 19.1 Å². The van der Waals surface area contributed by atoms with Crippen LogP contribution in [-0.4, -0.2) is 25.3 Å².